The first-order valence-corrected chi connectivity index (χ1v) is 11.2. The second-order valence-corrected chi connectivity index (χ2v) is 8.96. The van der Waals surface area contributed by atoms with E-state index in [1.165, 1.54) is 6.20 Å². The van der Waals surface area contributed by atoms with Crippen molar-refractivity contribution < 1.29 is 14.6 Å². The summed E-state index contributed by atoms with van der Waals surface area (Å²) < 4.78 is 5.43. The van der Waals surface area contributed by atoms with Crippen molar-refractivity contribution in [2.45, 2.75) is 45.1 Å². The molecule has 1 aliphatic heterocycles. The summed E-state index contributed by atoms with van der Waals surface area (Å²) in [5.41, 5.74) is 3.81. The number of carbonyl (C=O) groups is 1. The number of rotatable bonds is 5. The predicted octanol–water partition coefficient (Wildman–Crippen LogP) is 4.09. The van der Waals surface area contributed by atoms with Gasteiger partial charge in [-0.2, -0.15) is 5.26 Å². The number of pyridine rings is 3. The van der Waals surface area contributed by atoms with E-state index in [2.05, 4.69) is 26.3 Å². The van der Waals surface area contributed by atoms with Crippen molar-refractivity contribution in [3.05, 3.63) is 71.1 Å². The second-order valence-electron chi connectivity index (χ2n) is 8.96. The Morgan fingerprint density at radius 2 is 1.94 bits per heavy atom. The van der Waals surface area contributed by atoms with Crippen LogP contribution in [-0.4, -0.2) is 39.2 Å². The first-order valence-electron chi connectivity index (χ1n) is 11.2. The fourth-order valence-electron chi connectivity index (χ4n) is 4.01. The highest BCUT2D eigenvalue weighted by atomic mass is 16.5. The molecular formula is C26H27N5O3. The third-order valence-corrected chi connectivity index (χ3v) is 5.95. The third-order valence-electron chi connectivity index (χ3n) is 5.95. The Hall–Kier alpha value is -3.67. The molecule has 8 heteroatoms. The van der Waals surface area contributed by atoms with E-state index < -0.39 is 5.60 Å². The van der Waals surface area contributed by atoms with E-state index in [0.29, 0.717) is 35.7 Å². The Labute approximate surface area is 198 Å². The average Bonchev–Trinajstić information content (AvgIpc) is 2.85. The summed E-state index contributed by atoms with van der Waals surface area (Å²) in [6, 6.07) is 9.11. The van der Waals surface area contributed by atoms with Crippen LogP contribution in [0.2, 0.25) is 0 Å². The van der Waals surface area contributed by atoms with Crippen molar-refractivity contribution in [2.24, 2.45) is 0 Å². The second kappa shape index (κ2) is 9.67. The van der Waals surface area contributed by atoms with E-state index in [9.17, 15) is 15.2 Å². The molecule has 0 atom stereocenters. The number of anilines is 1. The van der Waals surface area contributed by atoms with Crippen LogP contribution in [0.15, 0.2) is 42.9 Å². The van der Waals surface area contributed by atoms with Gasteiger partial charge in [-0.25, -0.2) is 0 Å². The quantitative estimate of drug-likeness (QED) is 0.592. The lowest BCUT2D eigenvalue weighted by molar-refractivity contribution is 0.0737. The average molecular weight is 458 g/mol. The van der Waals surface area contributed by atoms with Crippen LogP contribution < -0.4 is 5.32 Å². The van der Waals surface area contributed by atoms with Crippen molar-refractivity contribution >= 4 is 11.6 Å². The van der Waals surface area contributed by atoms with Gasteiger partial charge in [-0.15, -0.1) is 0 Å². The number of nitrogens with zero attached hydrogens (tertiary/aromatic N) is 4. The van der Waals surface area contributed by atoms with E-state index >= 15 is 0 Å². The van der Waals surface area contributed by atoms with Crippen LogP contribution in [0.1, 0.15) is 65.6 Å². The van der Waals surface area contributed by atoms with Gasteiger partial charge in [0, 0.05) is 53.9 Å². The molecule has 1 aliphatic rings. The van der Waals surface area contributed by atoms with Gasteiger partial charge in [0.1, 0.15) is 11.7 Å². The highest BCUT2D eigenvalue weighted by molar-refractivity contribution is 6.04. The number of aliphatic hydroxyl groups is 1. The SMILES string of the molecule is Cc1ncc(NC(=O)c2ccnc(C(C)(C)O)c2)cc1-c1cnc(C2CCOCC2)c(C#N)c1. The summed E-state index contributed by atoms with van der Waals surface area (Å²) >= 11 is 0. The lowest BCUT2D eigenvalue weighted by Crippen LogP contribution is -2.19. The lowest BCUT2D eigenvalue weighted by atomic mass is 9.91. The molecule has 34 heavy (non-hydrogen) atoms. The summed E-state index contributed by atoms with van der Waals surface area (Å²) in [5.74, 6) is -0.119. The van der Waals surface area contributed by atoms with Crippen LogP contribution in [0.3, 0.4) is 0 Å². The molecule has 4 rings (SSSR count). The molecule has 0 aliphatic carbocycles. The van der Waals surface area contributed by atoms with Crippen molar-refractivity contribution in [1.29, 1.82) is 5.26 Å². The number of hydrogen-bond acceptors (Lipinski definition) is 7. The first-order chi connectivity index (χ1) is 16.3. The van der Waals surface area contributed by atoms with Gasteiger partial charge < -0.3 is 15.2 Å². The van der Waals surface area contributed by atoms with Gasteiger partial charge in [-0.05, 0) is 57.9 Å². The Kier molecular flexibility index (Phi) is 6.68. The van der Waals surface area contributed by atoms with E-state index in [0.717, 1.165) is 35.4 Å². The Morgan fingerprint density at radius 1 is 1.18 bits per heavy atom. The zero-order valence-electron chi connectivity index (χ0n) is 19.5. The number of nitriles is 1. The summed E-state index contributed by atoms with van der Waals surface area (Å²) in [5, 5.41) is 22.8. The van der Waals surface area contributed by atoms with Gasteiger partial charge in [0.15, 0.2) is 0 Å². The maximum Gasteiger partial charge on any atom is 0.255 e. The number of carbonyl (C=O) groups excluding carboxylic acids is 1. The molecule has 8 nitrogen and oxygen atoms in total. The topological polar surface area (TPSA) is 121 Å². The van der Waals surface area contributed by atoms with Crippen LogP contribution in [0.4, 0.5) is 5.69 Å². The normalized spacial score (nSPS) is 14.4. The molecule has 2 N–H and O–H groups in total. The zero-order chi connectivity index (χ0) is 24.3. The number of ether oxygens (including phenoxy) is 1. The van der Waals surface area contributed by atoms with Crippen LogP contribution in [0.25, 0.3) is 11.1 Å². The lowest BCUT2D eigenvalue weighted by Gasteiger charge is -2.22. The van der Waals surface area contributed by atoms with Gasteiger partial charge in [-0.1, -0.05) is 0 Å². The minimum atomic E-state index is -1.16. The number of amides is 1. The zero-order valence-corrected chi connectivity index (χ0v) is 19.5. The minimum absolute atomic E-state index is 0.219. The molecular weight excluding hydrogens is 430 g/mol. The predicted molar refractivity (Wildman–Crippen MR) is 127 cm³/mol. The number of aromatic nitrogens is 3. The standard InChI is InChI=1S/C26H27N5O3/c1-16-22(20-10-19(13-27)24(30-14-20)17-5-8-34-9-6-17)12-21(15-29-16)31-25(32)18-4-7-28-23(11-18)26(2,3)33/h4,7,10-12,14-15,17,33H,5-6,8-9H2,1-3H3,(H,31,32). The fourth-order valence-corrected chi connectivity index (χ4v) is 4.01. The highest BCUT2D eigenvalue weighted by Crippen LogP contribution is 2.31. The Bertz CT molecular complexity index is 1250. The maximum atomic E-state index is 12.8. The molecule has 0 spiro atoms. The number of hydrogen-bond donors (Lipinski definition) is 2. The molecule has 174 valence electrons. The van der Waals surface area contributed by atoms with E-state index in [1.54, 1.807) is 38.4 Å². The Morgan fingerprint density at radius 3 is 2.65 bits per heavy atom. The van der Waals surface area contributed by atoms with Crippen molar-refractivity contribution in [2.75, 3.05) is 18.5 Å². The molecule has 0 saturated carbocycles. The Balaban J connectivity index is 1.60. The molecule has 1 saturated heterocycles. The summed E-state index contributed by atoms with van der Waals surface area (Å²) in [6.45, 7) is 6.46. The molecule has 0 unspecified atom stereocenters. The minimum Gasteiger partial charge on any atom is -0.384 e. The molecule has 3 aromatic heterocycles. The van der Waals surface area contributed by atoms with Gasteiger partial charge in [-0.3, -0.25) is 19.7 Å². The van der Waals surface area contributed by atoms with Crippen LogP contribution in [0, 0.1) is 18.3 Å². The molecule has 0 bridgehead atoms. The van der Waals surface area contributed by atoms with Crippen molar-refractivity contribution in [3.8, 4) is 17.2 Å². The smallest absolute Gasteiger partial charge is 0.255 e. The molecule has 4 heterocycles. The van der Waals surface area contributed by atoms with Crippen LogP contribution in [0.5, 0.6) is 0 Å². The fraction of sp³-hybridized carbons (Fsp3) is 0.346. The molecule has 1 amide bonds. The molecule has 0 radical (unpaired) electrons. The van der Waals surface area contributed by atoms with Crippen LogP contribution >= 0.6 is 0 Å². The van der Waals surface area contributed by atoms with Crippen molar-refractivity contribution in [1.82, 2.24) is 15.0 Å². The third kappa shape index (κ3) is 5.11. The van der Waals surface area contributed by atoms with Gasteiger partial charge in [0.05, 0.1) is 28.8 Å². The van der Waals surface area contributed by atoms with Gasteiger partial charge in [0.25, 0.3) is 5.91 Å². The summed E-state index contributed by atoms with van der Waals surface area (Å²) in [6.07, 6.45) is 6.56. The maximum absolute atomic E-state index is 12.8. The number of aryl methyl sites for hydroxylation is 1. The van der Waals surface area contributed by atoms with Gasteiger partial charge >= 0.3 is 0 Å². The number of nitrogens with one attached hydrogen (secondary N) is 1. The summed E-state index contributed by atoms with van der Waals surface area (Å²) in [4.78, 5) is 26.0. The van der Waals surface area contributed by atoms with E-state index in [4.69, 9.17) is 4.74 Å². The monoisotopic (exact) mass is 457 g/mol. The molecule has 1 fully saturated rings. The molecule has 0 aromatic carbocycles. The highest BCUT2D eigenvalue weighted by Gasteiger charge is 2.22. The first kappa shape index (κ1) is 23.5. The van der Waals surface area contributed by atoms with E-state index in [-0.39, 0.29) is 11.8 Å². The van der Waals surface area contributed by atoms with Crippen molar-refractivity contribution in [3.63, 3.8) is 0 Å². The van der Waals surface area contributed by atoms with E-state index in [1.807, 2.05) is 19.1 Å². The largest absolute Gasteiger partial charge is 0.384 e. The van der Waals surface area contributed by atoms with Gasteiger partial charge in [0.2, 0.25) is 0 Å². The molecule has 3 aromatic rings. The van der Waals surface area contributed by atoms with Crippen LogP contribution in [-0.2, 0) is 10.3 Å². The summed E-state index contributed by atoms with van der Waals surface area (Å²) in [7, 11) is 0.